The zero-order valence-electron chi connectivity index (χ0n) is 10.1. The fraction of sp³-hybridized carbons (Fsp3) is 0.545. The third-order valence-electron chi connectivity index (χ3n) is 3.11. The summed E-state index contributed by atoms with van der Waals surface area (Å²) in [6, 6.07) is 1.65. The molecule has 1 aliphatic heterocycles. The maximum absolute atomic E-state index is 11.5. The number of sulfone groups is 1. The van der Waals surface area contributed by atoms with Crippen LogP contribution in [0.4, 0.5) is 5.82 Å². The molecule has 1 unspecified atom stereocenters. The van der Waals surface area contributed by atoms with Crippen molar-refractivity contribution in [1.82, 2.24) is 4.98 Å². The van der Waals surface area contributed by atoms with Crippen molar-refractivity contribution in [3.8, 4) is 0 Å². The molecule has 0 spiro atoms. The molecular formula is C11H16ClN3O2S. The quantitative estimate of drug-likeness (QED) is 0.872. The fourth-order valence-electron chi connectivity index (χ4n) is 2.14. The summed E-state index contributed by atoms with van der Waals surface area (Å²) in [6.07, 6.45) is 1.65. The van der Waals surface area contributed by atoms with E-state index in [1.807, 2.05) is 11.8 Å². The smallest absolute Gasteiger partial charge is 0.154 e. The van der Waals surface area contributed by atoms with Crippen molar-refractivity contribution in [3.05, 3.63) is 22.8 Å². The number of hydrogen-bond donors (Lipinski definition) is 1. The molecule has 2 heterocycles. The van der Waals surface area contributed by atoms with Gasteiger partial charge in [-0.3, -0.25) is 0 Å². The van der Waals surface area contributed by atoms with E-state index in [4.69, 9.17) is 17.3 Å². The molecule has 0 aromatic carbocycles. The highest BCUT2D eigenvalue weighted by atomic mass is 35.5. The first-order chi connectivity index (χ1) is 8.44. The summed E-state index contributed by atoms with van der Waals surface area (Å²) in [5.41, 5.74) is 6.42. The predicted molar refractivity (Wildman–Crippen MR) is 72.6 cm³/mol. The maximum Gasteiger partial charge on any atom is 0.154 e. The van der Waals surface area contributed by atoms with Crippen molar-refractivity contribution in [2.24, 2.45) is 5.73 Å². The van der Waals surface area contributed by atoms with Crippen molar-refractivity contribution < 1.29 is 8.42 Å². The molecule has 0 amide bonds. The number of hydrogen-bond acceptors (Lipinski definition) is 5. The van der Waals surface area contributed by atoms with Crippen LogP contribution in [0.15, 0.2) is 12.3 Å². The average Bonchev–Trinajstić information content (AvgIpc) is 2.29. The zero-order valence-corrected chi connectivity index (χ0v) is 11.7. The highest BCUT2D eigenvalue weighted by Gasteiger charge is 2.30. The van der Waals surface area contributed by atoms with Gasteiger partial charge in [-0.1, -0.05) is 11.6 Å². The number of nitrogens with zero attached hydrogens (tertiary/aromatic N) is 2. The van der Waals surface area contributed by atoms with Gasteiger partial charge in [0.05, 0.1) is 16.5 Å². The van der Waals surface area contributed by atoms with E-state index < -0.39 is 9.84 Å². The standard InChI is InChI=1S/C11H16ClN3O2S/c1-8-7-18(16,17)5-4-15(8)11-10(12)9(6-13)2-3-14-11/h2-3,8H,4-7,13H2,1H3. The lowest BCUT2D eigenvalue weighted by Crippen LogP contribution is -2.47. The van der Waals surface area contributed by atoms with Crippen LogP contribution in [-0.4, -0.2) is 37.5 Å². The molecule has 5 nitrogen and oxygen atoms in total. The molecular weight excluding hydrogens is 274 g/mol. The molecule has 0 aliphatic carbocycles. The summed E-state index contributed by atoms with van der Waals surface area (Å²) in [7, 11) is -2.94. The Balaban J connectivity index is 2.33. The molecule has 0 saturated carbocycles. The van der Waals surface area contributed by atoms with Crippen LogP contribution < -0.4 is 10.6 Å². The van der Waals surface area contributed by atoms with Crippen LogP contribution in [0.1, 0.15) is 12.5 Å². The first-order valence-electron chi connectivity index (χ1n) is 5.75. The fourth-order valence-corrected chi connectivity index (χ4v) is 4.00. The van der Waals surface area contributed by atoms with Gasteiger partial charge in [-0.05, 0) is 18.6 Å². The van der Waals surface area contributed by atoms with Gasteiger partial charge in [-0.2, -0.15) is 0 Å². The molecule has 0 radical (unpaired) electrons. The van der Waals surface area contributed by atoms with E-state index in [0.717, 1.165) is 5.56 Å². The van der Waals surface area contributed by atoms with Gasteiger partial charge in [-0.25, -0.2) is 13.4 Å². The summed E-state index contributed by atoms with van der Waals surface area (Å²) >= 11 is 6.25. The Kier molecular flexibility index (Phi) is 3.79. The van der Waals surface area contributed by atoms with E-state index in [1.54, 1.807) is 12.3 Å². The van der Waals surface area contributed by atoms with Crippen molar-refractivity contribution in [2.45, 2.75) is 19.5 Å². The van der Waals surface area contributed by atoms with Gasteiger partial charge in [0.2, 0.25) is 0 Å². The van der Waals surface area contributed by atoms with Gasteiger partial charge >= 0.3 is 0 Å². The minimum atomic E-state index is -2.94. The molecule has 1 atom stereocenters. The number of pyridine rings is 1. The molecule has 2 rings (SSSR count). The van der Waals surface area contributed by atoms with Crippen LogP contribution in [0.25, 0.3) is 0 Å². The molecule has 1 saturated heterocycles. The largest absolute Gasteiger partial charge is 0.351 e. The number of nitrogens with two attached hydrogens (primary N) is 1. The molecule has 1 aromatic rings. The SMILES string of the molecule is CC1CS(=O)(=O)CCN1c1nccc(CN)c1Cl. The second-order valence-electron chi connectivity index (χ2n) is 4.47. The summed E-state index contributed by atoms with van der Waals surface area (Å²) < 4.78 is 23.1. The molecule has 1 fully saturated rings. The highest BCUT2D eigenvalue weighted by Crippen LogP contribution is 2.29. The first kappa shape index (κ1) is 13.6. The van der Waals surface area contributed by atoms with Gasteiger partial charge in [0, 0.05) is 25.3 Å². The molecule has 7 heteroatoms. The summed E-state index contributed by atoms with van der Waals surface area (Å²) in [5, 5.41) is 0.520. The lowest BCUT2D eigenvalue weighted by atomic mass is 10.2. The number of aromatic nitrogens is 1. The number of halogens is 1. The van der Waals surface area contributed by atoms with Crippen molar-refractivity contribution >= 4 is 27.3 Å². The summed E-state index contributed by atoms with van der Waals surface area (Å²) in [4.78, 5) is 6.19. The van der Waals surface area contributed by atoms with Crippen LogP contribution >= 0.6 is 11.6 Å². The van der Waals surface area contributed by atoms with E-state index in [1.165, 1.54) is 0 Å². The lowest BCUT2D eigenvalue weighted by molar-refractivity contribution is 0.567. The number of anilines is 1. The van der Waals surface area contributed by atoms with Crippen LogP contribution in [0.5, 0.6) is 0 Å². The van der Waals surface area contributed by atoms with E-state index in [2.05, 4.69) is 4.98 Å². The normalized spacial score (nSPS) is 23.1. The minimum absolute atomic E-state index is 0.123. The van der Waals surface area contributed by atoms with E-state index in [9.17, 15) is 8.42 Å². The van der Waals surface area contributed by atoms with E-state index in [0.29, 0.717) is 23.9 Å². The van der Waals surface area contributed by atoms with Crippen molar-refractivity contribution in [2.75, 3.05) is 23.0 Å². The lowest BCUT2D eigenvalue weighted by Gasteiger charge is -2.34. The topological polar surface area (TPSA) is 76.3 Å². The van der Waals surface area contributed by atoms with E-state index >= 15 is 0 Å². The molecule has 1 aliphatic rings. The molecule has 1 aromatic heterocycles. The van der Waals surface area contributed by atoms with Gasteiger partial charge < -0.3 is 10.6 Å². The van der Waals surface area contributed by atoms with Crippen molar-refractivity contribution in [3.63, 3.8) is 0 Å². The molecule has 2 N–H and O–H groups in total. The maximum atomic E-state index is 11.5. The Morgan fingerprint density at radius 2 is 2.33 bits per heavy atom. The second kappa shape index (κ2) is 5.03. The van der Waals surface area contributed by atoms with Crippen LogP contribution in [0.2, 0.25) is 5.02 Å². The Morgan fingerprint density at radius 3 is 2.94 bits per heavy atom. The molecule has 0 bridgehead atoms. The predicted octanol–water partition coefficient (Wildman–Crippen LogP) is 0.817. The van der Waals surface area contributed by atoms with Crippen LogP contribution in [-0.2, 0) is 16.4 Å². The first-order valence-corrected chi connectivity index (χ1v) is 7.95. The molecule has 18 heavy (non-hydrogen) atoms. The van der Waals surface area contributed by atoms with Gasteiger partial charge in [0.25, 0.3) is 0 Å². The minimum Gasteiger partial charge on any atom is -0.351 e. The van der Waals surface area contributed by atoms with Crippen molar-refractivity contribution in [1.29, 1.82) is 0 Å². The zero-order chi connectivity index (χ0) is 13.3. The Labute approximate surface area is 112 Å². The third-order valence-corrected chi connectivity index (χ3v) is 5.32. The van der Waals surface area contributed by atoms with Crippen LogP contribution in [0, 0.1) is 0 Å². The summed E-state index contributed by atoms with van der Waals surface area (Å²) in [5.74, 6) is 0.905. The third kappa shape index (κ3) is 2.60. The van der Waals surface area contributed by atoms with E-state index in [-0.39, 0.29) is 17.5 Å². The number of rotatable bonds is 2. The molecule has 100 valence electrons. The van der Waals surface area contributed by atoms with Gasteiger partial charge in [0.1, 0.15) is 5.82 Å². The summed E-state index contributed by atoms with van der Waals surface area (Å²) in [6.45, 7) is 2.63. The van der Waals surface area contributed by atoms with Crippen LogP contribution in [0.3, 0.4) is 0 Å². The Bertz CT molecular complexity index is 547. The highest BCUT2D eigenvalue weighted by molar-refractivity contribution is 7.91. The van der Waals surface area contributed by atoms with Gasteiger partial charge in [-0.15, -0.1) is 0 Å². The monoisotopic (exact) mass is 289 g/mol. The Hall–Kier alpha value is -0.850. The average molecular weight is 290 g/mol. The van der Waals surface area contributed by atoms with Gasteiger partial charge in [0.15, 0.2) is 9.84 Å². The Morgan fingerprint density at radius 1 is 1.61 bits per heavy atom. The second-order valence-corrected chi connectivity index (χ2v) is 7.08.